The number of nitrogens with one attached hydrogen (secondary N) is 1. The van der Waals surface area contributed by atoms with Crippen molar-refractivity contribution in [3.05, 3.63) is 11.4 Å². The molecule has 100 valence electrons. The van der Waals surface area contributed by atoms with Crippen LogP contribution in [0, 0.1) is 13.8 Å². The van der Waals surface area contributed by atoms with Gasteiger partial charge in [0.25, 0.3) is 0 Å². The molecule has 4 nitrogen and oxygen atoms in total. The molecule has 1 aromatic rings. The van der Waals surface area contributed by atoms with E-state index in [0.29, 0.717) is 0 Å². The molecule has 0 bridgehead atoms. The number of aryl methyl sites for hydroxylation is 1. The lowest BCUT2D eigenvalue weighted by molar-refractivity contribution is 0.552. The van der Waals surface area contributed by atoms with Gasteiger partial charge < -0.3 is 10.2 Å². The first-order valence-electron chi connectivity index (χ1n) is 7.00. The number of nitrogens with zero attached hydrogens (tertiary/aromatic N) is 3. The minimum atomic E-state index is 0.849. The molecule has 1 aromatic heterocycles. The fraction of sp³-hybridized carbons (Fsp3) is 0.714. The second-order valence-electron chi connectivity index (χ2n) is 5.07. The maximum Gasteiger partial charge on any atom is 0.137 e. The second kappa shape index (κ2) is 6.03. The number of hydrogen-bond acceptors (Lipinski definition) is 4. The molecule has 1 aliphatic rings. The van der Waals surface area contributed by atoms with Crippen molar-refractivity contribution in [3.63, 3.8) is 0 Å². The molecule has 4 heteroatoms. The van der Waals surface area contributed by atoms with Gasteiger partial charge in [0.05, 0.1) is 0 Å². The molecule has 1 saturated heterocycles. The van der Waals surface area contributed by atoms with Gasteiger partial charge in [-0.1, -0.05) is 19.3 Å². The number of hydrogen-bond donors (Lipinski definition) is 1. The van der Waals surface area contributed by atoms with E-state index in [9.17, 15) is 0 Å². The molecule has 0 unspecified atom stereocenters. The zero-order valence-corrected chi connectivity index (χ0v) is 11.8. The van der Waals surface area contributed by atoms with Gasteiger partial charge >= 0.3 is 0 Å². The molecular weight excluding hydrogens is 224 g/mol. The summed E-state index contributed by atoms with van der Waals surface area (Å²) in [6.45, 7) is 6.33. The van der Waals surface area contributed by atoms with Gasteiger partial charge in [0.15, 0.2) is 0 Å². The van der Waals surface area contributed by atoms with Crippen molar-refractivity contribution in [2.45, 2.75) is 46.0 Å². The van der Waals surface area contributed by atoms with Crippen LogP contribution in [0.3, 0.4) is 0 Å². The van der Waals surface area contributed by atoms with Crippen LogP contribution in [0.5, 0.6) is 0 Å². The standard InChI is InChI=1S/C14H24N4/c1-11-13(15-3)16-12(2)17-14(11)18-9-7-5-4-6-8-10-18/h4-10H2,1-3H3,(H,15,16,17). The van der Waals surface area contributed by atoms with Crippen molar-refractivity contribution < 1.29 is 0 Å². The molecule has 0 aromatic carbocycles. The third-order valence-corrected chi connectivity index (χ3v) is 3.62. The average Bonchev–Trinajstić information content (AvgIpc) is 2.32. The Labute approximate surface area is 110 Å². The largest absolute Gasteiger partial charge is 0.373 e. The molecule has 0 aliphatic carbocycles. The van der Waals surface area contributed by atoms with Crippen molar-refractivity contribution in [2.75, 3.05) is 30.4 Å². The van der Waals surface area contributed by atoms with Gasteiger partial charge in [-0.15, -0.1) is 0 Å². The third-order valence-electron chi connectivity index (χ3n) is 3.62. The molecule has 1 fully saturated rings. The third kappa shape index (κ3) is 2.92. The minimum absolute atomic E-state index is 0.849. The molecule has 0 atom stereocenters. The Morgan fingerprint density at radius 2 is 1.56 bits per heavy atom. The Morgan fingerprint density at radius 1 is 0.944 bits per heavy atom. The van der Waals surface area contributed by atoms with E-state index in [4.69, 9.17) is 0 Å². The summed E-state index contributed by atoms with van der Waals surface area (Å²) >= 11 is 0. The van der Waals surface area contributed by atoms with E-state index in [1.807, 2.05) is 14.0 Å². The highest BCUT2D eigenvalue weighted by atomic mass is 15.2. The lowest BCUT2D eigenvalue weighted by Crippen LogP contribution is -2.29. The number of anilines is 2. The lowest BCUT2D eigenvalue weighted by Gasteiger charge is -2.27. The highest BCUT2D eigenvalue weighted by molar-refractivity contribution is 5.58. The van der Waals surface area contributed by atoms with Crippen molar-refractivity contribution in [2.24, 2.45) is 0 Å². The maximum atomic E-state index is 4.65. The summed E-state index contributed by atoms with van der Waals surface area (Å²) in [5.41, 5.74) is 1.17. The predicted octanol–water partition coefficient (Wildman–Crippen LogP) is 2.91. The summed E-state index contributed by atoms with van der Waals surface area (Å²) in [7, 11) is 1.92. The summed E-state index contributed by atoms with van der Waals surface area (Å²) in [5, 5.41) is 3.17. The van der Waals surface area contributed by atoms with E-state index in [0.717, 1.165) is 30.5 Å². The maximum absolute atomic E-state index is 4.65. The minimum Gasteiger partial charge on any atom is -0.373 e. The summed E-state index contributed by atoms with van der Waals surface area (Å²) in [4.78, 5) is 11.5. The molecule has 1 aliphatic heterocycles. The van der Waals surface area contributed by atoms with E-state index in [1.54, 1.807) is 0 Å². The predicted molar refractivity (Wildman–Crippen MR) is 76.4 cm³/mol. The van der Waals surface area contributed by atoms with Gasteiger partial charge in [0.2, 0.25) is 0 Å². The molecule has 1 N–H and O–H groups in total. The SMILES string of the molecule is CNc1nc(C)nc(N2CCCCCCC2)c1C. The van der Waals surface area contributed by atoms with Crippen LogP contribution in [0.25, 0.3) is 0 Å². The van der Waals surface area contributed by atoms with E-state index in [1.165, 1.54) is 37.7 Å². The van der Waals surface area contributed by atoms with Crippen LogP contribution < -0.4 is 10.2 Å². The molecule has 2 heterocycles. The van der Waals surface area contributed by atoms with Gasteiger partial charge in [0.1, 0.15) is 17.5 Å². The Morgan fingerprint density at radius 3 is 2.17 bits per heavy atom. The number of aromatic nitrogens is 2. The average molecular weight is 248 g/mol. The van der Waals surface area contributed by atoms with Gasteiger partial charge in [-0.25, -0.2) is 9.97 Å². The van der Waals surface area contributed by atoms with Crippen LogP contribution in [-0.4, -0.2) is 30.1 Å². The molecule has 0 amide bonds. The van der Waals surface area contributed by atoms with Crippen molar-refractivity contribution in [1.29, 1.82) is 0 Å². The van der Waals surface area contributed by atoms with Crippen molar-refractivity contribution in [3.8, 4) is 0 Å². The van der Waals surface area contributed by atoms with Gasteiger partial charge in [-0.3, -0.25) is 0 Å². The van der Waals surface area contributed by atoms with Crippen LogP contribution in [0.1, 0.15) is 43.5 Å². The van der Waals surface area contributed by atoms with Crippen molar-refractivity contribution >= 4 is 11.6 Å². The number of rotatable bonds is 2. The van der Waals surface area contributed by atoms with E-state index in [-0.39, 0.29) is 0 Å². The lowest BCUT2D eigenvalue weighted by atomic mass is 10.1. The zero-order valence-electron chi connectivity index (χ0n) is 11.8. The van der Waals surface area contributed by atoms with E-state index >= 15 is 0 Å². The van der Waals surface area contributed by atoms with Gasteiger partial charge in [-0.2, -0.15) is 0 Å². The van der Waals surface area contributed by atoms with Crippen molar-refractivity contribution in [1.82, 2.24) is 9.97 Å². The highest BCUT2D eigenvalue weighted by Crippen LogP contribution is 2.25. The van der Waals surface area contributed by atoms with Gasteiger partial charge in [-0.05, 0) is 26.7 Å². The summed E-state index contributed by atoms with van der Waals surface area (Å²) in [6.07, 6.45) is 6.63. The molecule has 0 radical (unpaired) electrons. The van der Waals surface area contributed by atoms with Crippen LogP contribution >= 0.6 is 0 Å². The van der Waals surface area contributed by atoms with Gasteiger partial charge in [0, 0.05) is 25.7 Å². The summed E-state index contributed by atoms with van der Waals surface area (Å²) in [6, 6.07) is 0. The van der Waals surface area contributed by atoms with E-state index in [2.05, 4.69) is 27.1 Å². The first-order valence-corrected chi connectivity index (χ1v) is 7.00. The first kappa shape index (κ1) is 13.1. The zero-order chi connectivity index (χ0) is 13.0. The summed E-state index contributed by atoms with van der Waals surface area (Å²) < 4.78 is 0. The molecule has 0 spiro atoms. The molecule has 2 rings (SSSR count). The van der Waals surface area contributed by atoms with Crippen LogP contribution in [0.4, 0.5) is 11.6 Å². The van der Waals surface area contributed by atoms with E-state index < -0.39 is 0 Å². The smallest absolute Gasteiger partial charge is 0.137 e. The highest BCUT2D eigenvalue weighted by Gasteiger charge is 2.15. The fourth-order valence-electron chi connectivity index (χ4n) is 2.62. The normalized spacial score (nSPS) is 17.2. The molecular formula is C14H24N4. The Balaban J connectivity index is 2.27. The monoisotopic (exact) mass is 248 g/mol. The van der Waals surface area contributed by atoms with Crippen LogP contribution in [0.15, 0.2) is 0 Å². The van der Waals surface area contributed by atoms with Crippen LogP contribution in [-0.2, 0) is 0 Å². The second-order valence-corrected chi connectivity index (χ2v) is 5.07. The van der Waals surface area contributed by atoms with Crippen LogP contribution in [0.2, 0.25) is 0 Å². The Bertz CT molecular complexity index is 395. The first-order chi connectivity index (χ1) is 8.72. The molecule has 0 saturated carbocycles. The quantitative estimate of drug-likeness (QED) is 0.873. The Hall–Kier alpha value is -1.32. The molecule has 18 heavy (non-hydrogen) atoms. The Kier molecular flexibility index (Phi) is 4.39. The topological polar surface area (TPSA) is 41.1 Å². The summed E-state index contributed by atoms with van der Waals surface area (Å²) in [5.74, 6) is 2.93. The fourth-order valence-corrected chi connectivity index (χ4v) is 2.62.